The molecule has 1 heteroatoms. The van der Waals surface area contributed by atoms with Crippen molar-refractivity contribution in [3.63, 3.8) is 0 Å². The van der Waals surface area contributed by atoms with Gasteiger partial charge in [0.25, 0.3) is 0 Å². The van der Waals surface area contributed by atoms with Gasteiger partial charge in [0.15, 0.2) is 5.78 Å². The Hall–Kier alpha value is -1.37. The van der Waals surface area contributed by atoms with Crippen LogP contribution in [0.5, 0.6) is 0 Å². The second kappa shape index (κ2) is 4.33. The summed E-state index contributed by atoms with van der Waals surface area (Å²) in [5.41, 5.74) is 4.87. The Kier molecular flexibility index (Phi) is 3.20. The summed E-state index contributed by atoms with van der Waals surface area (Å²) in [5, 5.41) is 0. The fourth-order valence-electron chi connectivity index (χ4n) is 2.67. The van der Waals surface area contributed by atoms with Crippen molar-refractivity contribution in [2.75, 3.05) is 0 Å². The standard InChI is InChI=1S/C18H24O/c1-17(2,3)14-10-12-8-7-9-16(19)13(12)11-15(14)18(4,5)6/h7,9-11H,8H2,1-6H3. The zero-order valence-corrected chi connectivity index (χ0v) is 12.9. The van der Waals surface area contributed by atoms with Crippen molar-refractivity contribution in [2.45, 2.75) is 58.8 Å². The number of hydrogen-bond acceptors (Lipinski definition) is 1. The van der Waals surface area contributed by atoms with Crippen molar-refractivity contribution in [3.8, 4) is 0 Å². The summed E-state index contributed by atoms with van der Waals surface area (Å²) in [4.78, 5) is 12.0. The zero-order valence-electron chi connectivity index (χ0n) is 12.9. The SMILES string of the molecule is CC(C)(C)c1cc2c(cc1C(C)(C)C)C(=O)C=CC2. The van der Waals surface area contributed by atoms with Gasteiger partial charge in [-0.05, 0) is 46.1 Å². The van der Waals surface area contributed by atoms with Crippen LogP contribution in [-0.4, -0.2) is 5.78 Å². The largest absolute Gasteiger partial charge is 0.289 e. The van der Waals surface area contributed by atoms with E-state index in [0.717, 1.165) is 12.0 Å². The minimum absolute atomic E-state index is 0.0546. The Labute approximate surface area is 116 Å². The molecule has 2 rings (SSSR count). The normalized spacial score (nSPS) is 15.6. The summed E-state index contributed by atoms with van der Waals surface area (Å²) in [6, 6.07) is 4.37. The van der Waals surface area contributed by atoms with Crippen LogP contribution < -0.4 is 0 Å². The third-order valence-electron chi connectivity index (χ3n) is 3.73. The summed E-state index contributed by atoms with van der Waals surface area (Å²) in [6.45, 7) is 13.4. The van der Waals surface area contributed by atoms with Gasteiger partial charge in [-0.1, -0.05) is 53.7 Å². The number of carbonyl (C=O) groups excluding carboxylic acids is 1. The number of rotatable bonds is 0. The van der Waals surface area contributed by atoms with Gasteiger partial charge >= 0.3 is 0 Å². The van der Waals surface area contributed by atoms with E-state index in [-0.39, 0.29) is 16.6 Å². The van der Waals surface area contributed by atoms with Gasteiger partial charge in [-0.2, -0.15) is 0 Å². The number of ketones is 1. The minimum Gasteiger partial charge on any atom is -0.289 e. The lowest BCUT2D eigenvalue weighted by Crippen LogP contribution is -2.24. The Bertz CT molecular complexity index is 548. The summed E-state index contributed by atoms with van der Waals surface area (Å²) >= 11 is 0. The summed E-state index contributed by atoms with van der Waals surface area (Å²) < 4.78 is 0. The first kappa shape index (κ1) is 14.0. The zero-order chi connectivity index (χ0) is 14.4. The summed E-state index contributed by atoms with van der Waals surface area (Å²) in [7, 11) is 0. The molecule has 0 radical (unpaired) electrons. The predicted molar refractivity (Wildman–Crippen MR) is 81.0 cm³/mol. The Morgan fingerprint density at radius 2 is 1.42 bits per heavy atom. The lowest BCUT2D eigenvalue weighted by atomic mass is 9.73. The Morgan fingerprint density at radius 3 is 1.95 bits per heavy atom. The molecule has 0 fully saturated rings. The molecule has 0 spiro atoms. The van der Waals surface area contributed by atoms with E-state index in [4.69, 9.17) is 0 Å². The number of allylic oxidation sites excluding steroid dienone is 2. The quantitative estimate of drug-likeness (QED) is 0.664. The molecule has 1 aromatic carbocycles. The van der Waals surface area contributed by atoms with Crippen LogP contribution in [0.4, 0.5) is 0 Å². The smallest absolute Gasteiger partial charge is 0.185 e. The lowest BCUT2D eigenvalue weighted by molar-refractivity contribution is 0.104. The highest BCUT2D eigenvalue weighted by Gasteiger charge is 2.28. The highest BCUT2D eigenvalue weighted by atomic mass is 16.1. The van der Waals surface area contributed by atoms with Gasteiger partial charge in [-0.25, -0.2) is 0 Å². The van der Waals surface area contributed by atoms with Gasteiger partial charge in [0.05, 0.1) is 0 Å². The second-order valence-corrected chi connectivity index (χ2v) is 7.53. The fourth-order valence-corrected chi connectivity index (χ4v) is 2.67. The molecule has 1 aromatic rings. The van der Waals surface area contributed by atoms with Crippen molar-refractivity contribution in [2.24, 2.45) is 0 Å². The first-order valence-electron chi connectivity index (χ1n) is 6.99. The first-order chi connectivity index (χ1) is 8.60. The number of hydrogen-bond donors (Lipinski definition) is 0. The predicted octanol–water partition coefficient (Wildman–Crippen LogP) is 4.58. The molecular formula is C18H24O. The van der Waals surface area contributed by atoms with Crippen LogP contribution in [0.1, 0.15) is 68.6 Å². The maximum absolute atomic E-state index is 12.0. The van der Waals surface area contributed by atoms with E-state index in [0.29, 0.717) is 0 Å². The van der Waals surface area contributed by atoms with E-state index in [1.807, 2.05) is 6.08 Å². The molecule has 0 aliphatic heterocycles. The van der Waals surface area contributed by atoms with Crippen LogP contribution in [0.2, 0.25) is 0 Å². The second-order valence-electron chi connectivity index (χ2n) is 7.53. The molecule has 19 heavy (non-hydrogen) atoms. The molecule has 0 bridgehead atoms. The van der Waals surface area contributed by atoms with Crippen molar-refractivity contribution >= 4 is 5.78 Å². The number of carbonyl (C=O) groups is 1. The number of benzene rings is 1. The maximum Gasteiger partial charge on any atom is 0.185 e. The van der Waals surface area contributed by atoms with E-state index >= 15 is 0 Å². The molecule has 0 atom stereocenters. The minimum atomic E-state index is 0.0546. The van der Waals surface area contributed by atoms with Gasteiger partial charge in [-0.3, -0.25) is 4.79 Å². The van der Waals surface area contributed by atoms with Crippen molar-refractivity contribution < 1.29 is 4.79 Å². The van der Waals surface area contributed by atoms with E-state index in [1.54, 1.807) is 6.08 Å². The summed E-state index contributed by atoms with van der Waals surface area (Å²) in [6.07, 6.45) is 4.54. The van der Waals surface area contributed by atoms with Crippen LogP contribution in [0.3, 0.4) is 0 Å². The maximum atomic E-state index is 12.0. The molecule has 1 nitrogen and oxygen atoms in total. The Balaban J connectivity index is 2.72. The van der Waals surface area contributed by atoms with Crippen LogP contribution in [-0.2, 0) is 17.3 Å². The van der Waals surface area contributed by atoms with Crippen molar-refractivity contribution in [3.05, 3.63) is 46.5 Å². The third-order valence-corrected chi connectivity index (χ3v) is 3.73. The van der Waals surface area contributed by atoms with Crippen molar-refractivity contribution in [1.82, 2.24) is 0 Å². The molecule has 1 aliphatic rings. The van der Waals surface area contributed by atoms with Gasteiger partial charge < -0.3 is 0 Å². The van der Waals surface area contributed by atoms with Gasteiger partial charge in [0.2, 0.25) is 0 Å². The molecular weight excluding hydrogens is 232 g/mol. The molecule has 0 saturated carbocycles. The molecule has 1 aliphatic carbocycles. The highest BCUT2D eigenvalue weighted by Crippen LogP contribution is 2.36. The van der Waals surface area contributed by atoms with E-state index in [9.17, 15) is 4.79 Å². The average molecular weight is 256 g/mol. The molecule has 0 N–H and O–H groups in total. The van der Waals surface area contributed by atoms with E-state index < -0.39 is 0 Å². The topological polar surface area (TPSA) is 17.1 Å². The highest BCUT2D eigenvalue weighted by molar-refractivity contribution is 6.07. The average Bonchev–Trinajstić information content (AvgIpc) is 2.25. The van der Waals surface area contributed by atoms with Gasteiger partial charge in [0.1, 0.15) is 0 Å². The summed E-state index contributed by atoms with van der Waals surface area (Å²) in [5.74, 6) is 0.146. The van der Waals surface area contributed by atoms with Gasteiger partial charge in [-0.15, -0.1) is 0 Å². The Morgan fingerprint density at radius 1 is 0.895 bits per heavy atom. The van der Waals surface area contributed by atoms with Crippen LogP contribution in [0, 0.1) is 0 Å². The van der Waals surface area contributed by atoms with E-state index in [1.165, 1.54) is 16.7 Å². The van der Waals surface area contributed by atoms with Crippen molar-refractivity contribution in [1.29, 1.82) is 0 Å². The van der Waals surface area contributed by atoms with Crippen LogP contribution >= 0.6 is 0 Å². The van der Waals surface area contributed by atoms with Crippen LogP contribution in [0.15, 0.2) is 24.3 Å². The fraction of sp³-hybridized carbons (Fsp3) is 0.500. The molecule has 0 saturated heterocycles. The molecule has 0 heterocycles. The molecule has 102 valence electrons. The number of fused-ring (bicyclic) bond motifs is 1. The molecule has 0 amide bonds. The van der Waals surface area contributed by atoms with Crippen LogP contribution in [0.25, 0.3) is 0 Å². The van der Waals surface area contributed by atoms with E-state index in [2.05, 4.69) is 53.7 Å². The molecule has 0 aromatic heterocycles. The first-order valence-corrected chi connectivity index (χ1v) is 6.99. The molecule has 0 unspecified atom stereocenters. The lowest BCUT2D eigenvalue weighted by Gasteiger charge is -2.32. The third kappa shape index (κ3) is 2.65. The monoisotopic (exact) mass is 256 g/mol. The van der Waals surface area contributed by atoms with Gasteiger partial charge in [0, 0.05) is 5.56 Å².